The zero-order valence-corrected chi connectivity index (χ0v) is 18.2. The van der Waals surface area contributed by atoms with Crippen molar-refractivity contribution < 1.29 is 24.0 Å². The van der Waals surface area contributed by atoms with E-state index in [0.29, 0.717) is 11.1 Å². The highest BCUT2D eigenvalue weighted by molar-refractivity contribution is 9.10. The number of carbonyl (C=O) groups is 3. The van der Waals surface area contributed by atoms with Gasteiger partial charge >= 0.3 is 5.97 Å². The maximum atomic E-state index is 13.0. The number of hydrogen-bond donors (Lipinski definition) is 1. The summed E-state index contributed by atoms with van der Waals surface area (Å²) in [7, 11) is 0. The molecule has 0 bridgehead atoms. The Hall–Kier alpha value is -3.85. The molecule has 1 unspecified atom stereocenters. The van der Waals surface area contributed by atoms with Gasteiger partial charge in [0.15, 0.2) is 6.10 Å². The molecule has 1 N–H and O–H groups in total. The first kappa shape index (κ1) is 22.8. The summed E-state index contributed by atoms with van der Waals surface area (Å²) in [6, 6.07) is 19.9. The van der Waals surface area contributed by atoms with Crippen molar-refractivity contribution in [1.29, 1.82) is 0 Å². The number of nitro benzene ring substituents is 1. The molecule has 3 aromatic rings. The fourth-order valence-electron chi connectivity index (χ4n) is 2.83. The number of non-ortho nitro benzene ring substituents is 1. The molecule has 0 radical (unpaired) electrons. The molecular formula is C23H17BrN2O6. The molecule has 1 amide bonds. The molecule has 162 valence electrons. The van der Waals surface area contributed by atoms with Gasteiger partial charge < -0.3 is 10.1 Å². The van der Waals surface area contributed by atoms with Gasteiger partial charge in [-0.3, -0.25) is 24.5 Å². The molecule has 0 spiro atoms. The largest absolute Gasteiger partial charge is 0.448 e. The molecule has 9 heteroatoms. The van der Waals surface area contributed by atoms with Crippen LogP contribution in [0.15, 0.2) is 83.3 Å². The first-order chi connectivity index (χ1) is 15.3. The highest BCUT2D eigenvalue weighted by atomic mass is 79.9. The lowest BCUT2D eigenvalue weighted by Crippen LogP contribution is -2.32. The van der Waals surface area contributed by atoms with Gasteiger partial charge in [-0.1, -0.05) is 46.3 Å². The molecule has 3 rings (SSSR count). The second-order valence-corrected chi connectivity index (χ2v) is 7.55. The normalized spacial score (nSPS) is 11.3. The van der Waals surface area contributed by atoms with Crippen molar-refractivity contribution in [2.45, 2.75) is 6.10 Å². The Morgan fingerprint density at radius 3 is 2.12 bits per heavy atom. The van der Waals surface area contributed by atoms with Crippen LogP contribution in [-0.2, 0) is 9.53 Å². The number of hydrogen-bond acceptors (Lipinski definition) is 6. The van der Waals surface area contributed by atoms with E-state index >= 15 is 0 Å². The number of ketones is 1. The number of nitrogens with zero attached hydrogens (tertiary/aromatic N) is 1. The molecule has 1 atom stereocenters. The maximum Gasteiger partial charge on any atom is 0.326 e. The summed E-state index contributed by atoms with van der Waals surface area (Å²) in [5, 5.41) is 13.4. The summed E-state index contributed by atoms with van der Waals surface area (Å²) in [5.41, 5.74) is 0.778. The van der Waals surface area contributed by atoms with Crippen molar-refractivity contribution in [2.75, 3.05) is 6.54 Å². The molecule has 0 aromatic heterocycles. The summed E-state index contributed by atoms with van der Waals surface area (Å²) in [6.07, 6.45) is -1.32. The van der Waals surface area contributed by atoms with Gasteiger partial charge in [-0.05, 0) is 36.4 Å². The van der Waals surface area contributed by atoms with E-state index in [1.807, 2.05) is 0 Å². The van der Waals surface area contributed by atoms with Crippen molar-refractivity contribution in [3.8, 4) is 0 Å². The summed E-state index contributed by atoms with van der Waals surface area (Å²) in [6.45, 7) is -0.458. The van der Waals surface area contributed by atoms with E-state index in [9.17, 15) is 24.5 Å². The number of amides is 1. The van der Waals surface area contributed by atoms with Crippen LogP contribution in [-0.4, -0.2) is 29.1 Å². The summed E-state index contributed by atoms with van der Waals surface area (Å²) in [4.78, 5) is 48.0. The Kier molecular flexibility index (Phi) is 7.45. The van der Waals surface area contributed by atoms with Gasteiger partial charge in [0.25, 0.3) is 11.6 Å². The smallest absolute Gasteiger partial charge is 0.326 e. The molecule has 0 saturated heterocycles. The van der Waals surface area contributed by atoms with Crippen LogP contribution in [0.4, 0.5) is 5.69 Å². The number of nitro groups is 1. The Morgan fingerprint density at radius 1 is 0.906 bits per heavy atom. The first-order valence-electron chi connectivity index (χ1n) is 9.42. The molecule has 0 aliphatic carbocycles. The summed E-state index contributed by atoms with van der Waals surface area (Å²) in [5.74, 6) is -1.80. The Morgan fingerprint density at radius 2 is 1.53 bits per heavy atom. The number of benzene rings is 3. The van der Waals surface area contributed by atoms with Crippen molar-refractivity contribution in [2.24, 2.45) is 0 Å². The van der Waals surface area contributed by atoms with Gasteiger partial charge in [0, 0.05) is 33.3 Å². The number of esters is 1. The van der Waals surface area contributed by atoms with E-state index in [0.717, 1.165) is 4.47 Å². The number of Topliss-reactive ketones (excluding diaryl/α,β-unsaturated/α-hetero) is 1. The molecule has 3 aromatic carbocycles. The zero-order chi connectivity index (χ0) is 23.1. The van der Waals surface area contributed by atoms with Gasteiger partial charge in [-0.2, -0.15) is 0 Å². The van der Waals surface area contributed by atoms with E-state index in [1.54, 1.807) is 54.6 Å². The highest BCUT2D eigenvalue weighted by Gasteiger charge is 2.27. The van der Waals surface area contributed by atoms with Gasteiger partial charge in [0.05, 0.1) is 4.92 Å². The second kappa shape index (κ2) is 10.5. The minimum Gasteiger partial charge on any atom is -0.448 e. The maximum absolute atomic E-state index is 13.0. The number of rotatable bonds is 8. The Bertz CT molecular complexity index is 1130. The van der Waals surface area contributed by atoms with E-state index < -0.39 is 35.2 Å². The molecule has 0 fully saturated rings. The van der Waals surface area contributed by atoms with Gasteiger partial charge in [0.1, 0.15) is 6.54 Å². The van der Waals surface area contributed by atoms with Crippen LogP contribution in [0.25, 0.3) is 0 Å². The lowest BCUT2D eigenvalue weighted by atomic mass is 9.99. The fraction of sp³-hybridized carbons (Fsp3) is 0.0870. The number of carbonyl (C=O) groups excluding carboxylic acids is 3. The van der Waals surface area contributed by atoms with Crippen LogP contribution in [0, 0.1) is 10.1 Å². The predicted molar refractivity (Wildman–Crippen MR) is 119 cm³/mol. The summed E-state index contributed by atoms with van der Waals surface area (Å²) < 4.78 is 6.18. The van der Waals surface area contributed by atoms with Crippen molar-refractivity contribution in [1.82, 2.24) is 5.32 Å². The highest BCUT2D eigenvalue weighted by Crippen LogP contribution is 2.25. The van der Waals surface area contributed by atoms with Crippen LogP contribution in [0.1, 0.15) is 32.4 Å². The molecule has 32 heavy (non-hydrogen) atoms. The predicted octanol–water partition coefficient (Wildman–Crippen LogP) is 4.25. The zero-order valence-electron chi connectivity index (χ0n) is 16.6. The lowest BCUT2D eigenvalue weighted by molar-refractivity contribution is -0.384. The van der Waals surface area contributed by atoms with Crippen LogP contribution >= 0.6 is 15.9 Å². The van der Waals surface area contributed by atoms with Gasteiger partial charge in [-0.15, -0.1) is 0 Å². The molecule has 0 aliphatic rings. The van der Waals surface area contributed by atoms with Gasteiger partial charge in [0.2, 0.25) is 5.78 Å². The average Bonchev–Trinajstić information content (AvgIpc) is 2.81. The van der Waals surface area contributed by atoms with Crippen LogP contribution in [0.3, 0.4) is 0 Å². The van der Waals surface area contributed by atoms with E-state index in [4.69, 9.17) is 4.74 Å². The minimum atomic E-state index is -1.32. The quantitative estimate of drug-likeness (QED) is 0.215. The van der Waals surface area contributed by atoms with E-state index in [1.165, 1.54) is 24.3 Å². The Balaban J connectivity index is 1.74. The minimum absolute atomic E-state index is 0.159. The lowest BCUT2D eigenvalue weighted by Gasteiger charge is -2.17. The molecule has 8 nitrogen and oxygen atoms in total. The van der Waals surface area contributed by atoms with E-state index in [-0.39, 0.29) is 11.3 Å². The number of nitrogens with one attached hydrogen (secondary N) is 1. The van der Waals surface area contributed by atoms with Crippen LogP contribution in [0.2, 0.25) is 0 Å². The second-order valence-electron chi connectivity index (χ2n) is 6.64. The number of halogens is 1. The molecule has 0 aliphatic heterocycles. The topological polar surface area (TPSA) is 116 Å². The monoisotopic (exact) mass is 496 g/mol. The van der Waals surface area contributed by atoms with E-state index in [2.05, 4.69) is 21.2 Å². The van der Waals surface area contributed by atoms with Crippen LogP contribution < -0.4 is 5.32 Å². The molecule has 0 saturated carbocycles. The first-order valence-corrected chi connectivity index (χ1v) is 10.2. The summed E-state index contributed by atoms with van der Waals surface area (Å²) >= 11 is 3.28. The number of ether oxygens (including phenoxy) is 1. The third-order valence-corrected chi connectivity index (χ3v) is 4.98. The third kappa shape index (κ3) is 5.86. The molecule has 0 heterocycles. The SMILES string of the molecule is O=C(CNC(=O)c1ccc(Br)cc1)OC(C(=O)c1ccccc1)c1ccc([N+](=O)[O-])cc1. The Labute approximate surface area is 191 Å². The average molecular weight is 497 g/mol. The van der Waals surface area contributed by atoms with Crippen molar-refractivity contribution in [3.63, 3.8) is 0 Å². The van der Waals surface area contributed by atoms with Crippen molar-refractivity contribution in [3.05, 3.63) is 110 Å². The van der Waals surface area contributed by atoms with Crippen molar-refractivity contribution >= 4 is 39.3 Å². The third-order valence-electron chi connectivity index (χ3n) is 4.45. The fourth-order valence-corrected chi connectivity index (χ4v) is 3.09. The van der Waals surface area contributed by atoms with Crippen LogP contribution in [0.5, 0.6) is 0 Å². The standard InChI is InChI=1S/C23H17BrN2O6/c24-18-10-6-17(7-11-18)23(29)25-14-20(27)32-22(21(28)15-4-2-1-3-5-15)16-8-12-19(13-9-16)26(30)31/h1-13,22H,14H2,(H,25,29). The molecular weight excluding hydrogens is 480 g/mol. The van der Waals surface area contributed by atoms with Gasteiger partial charge in [-0.25, -0.2) is 0 Å².